The second-order valence-corrected chi connectivity index (χ2v) is 3.07. The number of nitrogens with one attached hydrogen (secondary N) is 1. The Labute approximate surface area is 90.1 Å². The number of hydrazine groups is 1. The maximum atomic E-state index is 13.0. The first-order valence-corrected chi connectivity index (χ1v) is 4.45. The Kier molecular flexibility index (Phi) is 2.74. The van der Waals surface area contributed by atoms with E-state index < -0.39 is 11.6 Å². The molecule has 0 radical (unpaired) electrons. The van der Waals surface area contributed by atoms with E-state index in [0.717, 1.165) is 18.2 Å². The Bertz CT molecular complexity index is 496. The summed E-state index contributed by atoms with van der Waals surface area (Å²) in [6.07, 6.45) is 1.44. The molecule has 3 N–H and O–H groups in total. The van der Waals surface area contributed by atoms with Gasteiger partial charge in [-0.05, 0) is 12.1 Å². The van der Waals surface area contributed by atoms with Crippen molar-refractivity contribution in [1.82, 2.24) is 9.97 Å². The van der Waals surface area contributed by atoms with Crippen LogP contribution in [0.25, 0.3) is 11.4 Å². The van der Waals surface area contributed by atoms with Crippen LogP contribution in [0.5, 0.6) is 0 Å². The number of hydrogen-bond acceptors (Lipinski definition) is 4. The number of anilines is 1. The van der Waals surface area contributed by atoms with Gasteiger partial charge in [0, 0.05) is 23.9 Å². The molecule has 4 nitrogen and oxygen atoms in total. The van der Waals surface area contributed by atoms with E-state index in [4.69, 9.17) is 5.84 Å². The second-order valence-electron chi connectivity index (χ2n) is 3.07. The zero-order valence-corrected chi connectivity index (χ0v) is 8.11. The zero-order valence-electron chi connectivity index (χ0n) is 8.11. The standard InChI is InChI=1S/C10H8F2N4/c11-7-3-6(4-8(12)5-7)10-14-2-1-9(15-10)16-13/h1-5H,13H2,(H,14,15,16). The second kappa shape index (κ2) is 4.19. The number of hydrogen-bond donors (Lipinski definition) is 2. The number of aromatic nitrogens is 2. The average Bonchev–Trinajstić information content (AvgIpc) is 2.28. The van der Waals surface area contributed by atoms with Gasteiger partial charge in [-0.15, -0.1) is 0 Å². The third-order valence-corrected chi connectivity index (χ3v) is 1.92. The lowest BCUT2D eigenvalue weighted by atomic mass is 10.2. The SMILES string of the molecule is NNc1ccnc(-c2cc(F)cc(F)c2)n1. The highest BCUT2D eigenvalue weighted by Gasteiger charge is 2.06. The molecule has 0 fully saturated rings. The van der Waals surface area contributed by atoms with E-state index in [1.165, 1.54) is 6.20 Å². The van der Waals surface area contributed by atoms with Gasteiger partial charge in [0.2, 0.25) is 0 Å². The first-order chi connectivity index (χ1) is 7.69. The molecule has 2 aromatic rings. The molecule has 82 valence electrons. The number of nitrogen functional groups attached to an aromatic ring is 1. The van der Waals surface area contributed by atoms with Crippen molar-refractivity contribution in [2.24, 2.45) is 5.84 Å². The lowest BCUT2D eigenvalue weighted by Gasteiger charge is -2.03. The minimum absolute atomic E-state index is 0.203. The van der Waals surface area contributed by atoms with E-state index in [1.54, 1.807) is 6.07 Å². The van der Waals surface area contributed by atoms with Gasteiger partial charge in [0.05, 0.1) is 0 Å². The average molecular weight is 222 g/mol. The predicted molar refractivity (Wildman–Crippen MR) is 55.2 cm³/mol. The quantitative estimate of drug-likeness (QED) is 0.599. The van der Waals surface area contributed by atoms with Crippen molar-refractivity contribution in [3.63, 3.8) is 0 Å². The number of benzene rings is 1. The summed E-state index contributed by atoms with van der Waals surface area (Å²) in [6, 6.07) is 4.63. The lowest BCUT2D eigenvalue weighted by molar-refractivity contribution is 0.584. The van der Waals surface area contributed by atoms with Gasteiger partial charge < -0.3 is 5.43 Å². The molecule has 0 atom stereocenters. The Morgan fingerprint density at radius 3 is 2.44 bits per heavy atom. The van der Waals surface area contributed by atoms with Gasteiger partial charge in [-0.25, -0.2) is 24.6 Å². The van der Waals surface area contributed by atoms with Crippen molar-refractivity contribution in [3.05, 3.63) is 42.1 Å². The van der Waals surface area contributed by atoms with Gasteiger partial charge in [-0.1, -0.05) is 0 Å². The highest BCUT2D eigenvalue weighted by atomic mass is 19.1. The summed E-state index contributed by atoms with van der Waals surface area (Å²) in [4.78, 5) is 7.86. The normalized spacial score (nSPS) is 10.2. The molecule has 0 aliphatic carbocycles. The van der Waals surface area contributed by atoms with Crippen LogP contribution >= 0.6 is 0 Å². The molecule has 1 aromatic carbocycles. The lowest BCUT2D eigenvalue weighted by Crippen LogP contribution is -2.09. The first-order valence-electron chi connectivity index (χ1n) is 4.45. The summed E-state index contributed by atoms with van der Waals surface area (Å²) in [5.74, 6) is 4.39. The van der Waals surface area contributed by atoms with Crippen LogP contribution in [0.4, 0.5) is 14.6 Å². The molecule has 1 aromatic heterocycles. The van der Waals surface area contributed by atoms with E-state index in [9.17, 15) is 8.78 Å². The fraction of sp³-hybridized carbons (Fsp3) is 0. The molecule has 1 heterocycles. The molecule has 0 unspecified atom stereocenters. The Morgan fingerprint density at radius 2 is 1.81 bits per heavy atom. The van der Waals surface area contributed by atoms with Gasteiger partial charge in [0.25, 0.3) is 0 Å². The van der Waals surface area contributed by atoms with E-state index in [1.807, 2.05) is 0 Å². The van der Waals surface area contributed by atoms with Crippen LogP contribution in [0.15, 0.2) is 30.5 Å². The van der Waals surface area contributed by atoms with E-state index in [0.29, 0.717) is 5.82 Å². The van der Waals surface area contributed by atoms with Gasteiger partial charge in [0.1, 0.15) is 17.5 Å². The monoisotopic (exact) mass is 222 g/mol. The number of rotatable bonds is 2. The molecule has 2 rings (SSSR count). The summed E-state index contributed by atoms with van der Waals surface area (Å²) in [5, 5.41) is 0. The van der Waals surface area contributed by atoms with Crippen LogP contribution in [-0.4, -0.2) is 9.97 Å². The highest BCUT2D eigenvalue weighted by Crippen LogP contribution is 2.18. The summed E-state index contributed by atoms with van der Waals surface area (Å²) >= 11 is 0. The number of halogens is 2. The summed E-state index contributed by atoms with van der Waals surface area (Å²) in [6.45, 7) is 0. The van der Waals surface area contributed by atoms with Gasteiger partial charge in [-0.2, -0.15) is 0 Å². The van der Waals surface area contributed by atoms with E-state index in [-0.39, 0.29) is 11.4 Å². The molecule has 16 heavy (non-hydrogen) atoms. The molecular formula is C10H8F2N4. The highest BCUT2D eigenvalue weighted by molar-refractivity contribution is 5.56. The molecule has 0 amide bonds. The molecule has 6 heteroatoms. The fourth-order valence-electron chi connectivity index (χ4n) is 1.26. The Balaban J connectivity index is 2.49. The molecule has 0 aliphatic rings. The molecule has 0 bridgehead atoms. The minimum atomic E-state index is -0.676. The third-order valence-electron chi connectivity index (χ3n) is 1.92. The Morgan fingerprint density at radius 1 is 1.12 bits per heavy atom. The number of nitrogens with two attached hydrogens (primary N) is 1. The van der Waals surface area contributed by atoms with Crippen molar-refractivity contribution in [2.75, 3.05) is 5.43 Å². The van der Waals surface area contributed by atoms with Crippen LogP contribution in [0.2, 0.25) is 0 Å². The summed E-state index contributed by atoms with van der Waals surface area (Å²) in [7, 11) is 0. The maximum absolute atomic E-state index is 13.0. The van der Waals surface area contributed by atoms with Gasteiger partial charge in [0.15, 0.2) is 5.82 Å². The summed E-state index contributed by atoms with van der Waals surface area (Å²) < 4.78 is 25.9. The maximum Gasteiger partial charge on any atom is 0.161 e. The van der Waals surface area contributed by atoms with E-state index in [2.05, 4.69) is 15.4 Å². The van der Waals surface area contributed by atoms with Crippen LogP contribution < -0.4 is 11.3 Å². The van der Waals surface area contributed by atoms with Crippen LogP contribution in [-0.2, 0) is 0 Å². The Hall–Kier alpha value is -2.08. The number of nitrogens with zero attached hydrogens (tertiary/aromatic N) is 2. The predicted octanol–water partition coefficient (Wildman–Crippen LogP) is 1.71. The molecule has 0 saturated heterocycles. The third kappa shape index (κ3) is 2.12. The van der Waals surface area contributed by atoms with Gasteiger partial charge in [-0.3, -0.25) is 0 Å². The minimum Gasteiger partial charge on any atom is -0.308 e. The zero-order chi connectivity index (χ0) is 11.5. The summed E-state index contributed by atoms with van der Waals surface area (Å²) in [5.41, 5.74) is 2.59. The van der Waals surface area contributed by atoms with Crippen LogP contribution in [0.3, 0.4) is 0 Å². The van der Waals surface area contributed by atoms with Gasteiger partial charge >= 0.3 is 0 Å². The van der Waals surface area contributed by atoms with Crippen molar-refractivity contribution in [3.8, 4) is 11.4 Å². The molecule has 0 saturated carbocycles. The molecule has 0 spiro atoms. The topological polar surface area (TPSA) is 63.8 Å². The first kappa shape index (κ1) is 10.4. The van der Waals surface area contributed by atoms with Crippen molar-refractivity contribution >= 4 is 5.82 Å². The molecule has 0 aliphatic heterocycles. The molecular weight excluding hydrogens is 214 g/mol. The van der Waals surface area contributed by atoms with Crippen molar-refractivity contribution in [1.29, 1.82) is 0 Å². The fourth-order valence-corrected chi connectivity index (χ4v) is 1.26. The van der Waals surface area contributed by atoms with Crippen molar-refractivity contribution in [2.45, 2.75) is 0 Å². The van der Waals surface area contributed by atoms with Crippen LogP contribution in [0.1, 0.15) is 0 Å². The smallest absolute Gasteiger partial charge is 0.161 e. The largest absolute Gasteiger partial charge is 0.308 e. The van der Waals surface area contributed by atoms with E-state index >= 15 is 0 Å². The van der Waals surface area contributed by atoms with Crippen LogP contribution in [0, 0.1) is 11.6 Å². The van der Waals surface area contributed by atoms with Crippen molar-refractivity contribution < 1.29 is 8.78 Å².